The van der Waals surface area contributed by atoms with E-state index in [9.17, 15) is 0 Å². The quantitative estimate of drug-likeness (QED) is 0.692. The van der Waals surface area contributed by atoms with E-state index in [2.05, 4.69) is 31.3 Å². The largest absolute Gasteiger partial charge is 0.316 e. The standard InChI is InChI=1S/C7H8.C4H9N.2C2H6/c1-7-5-3-2-4-6-7;1-4-2-5-3-4;2*1-2/h2-6H,1H3;4-5H,2-3H2,1H3;2*1-2H3. The highest BCUT2D eigenvalue weighted by molar-refractivity contribution is 5.11. The van der Waals surface area contributed by atoms with Gasteiger partial charge in [0.15, 0.2) is 0 Å². The first-order valence-corrected chi connectivity index (χ1v) is 6.51. The number of benzene rings is 1. The summed E-state index contributed by atoms with van der Waals surface area (Å²) in [6.45, 7) is 14.8. The van der Waals surface area contributed by atoms with Crippen LogP contribution in [0.2, 0.25) is 0 Å². The molecule has 1 heteroatoms. The first-order valence-electron chi connectivity index (χ1n) is 6.51. The molecule has 1 aromatic carbocycles. The third-order valence-electron chi connectivity index (χ3n) is 1.93. The second-order valence-corrected chi connectivity index (χ2v) is 3.42. The Morgan fingerprint density at radius 2 is 1.31 bits per heavy atom. The van der Waals surface area contributed by atoms with E-state index in [0.717, 1.165) is 5.92 Å². The summed E-state index contributed by atoms with van der Waals surface area (Å²) >= 11 is 0. The maximum Gasteiger partial charge on any atom is -0.00109 e. The van der Waals surface area contributed by atoms with Crippen LogP contribution >= 0.6 is 0 Å². The number of hydrogen-bond acceptors (Lipinski definition) is 1. The number of hydrogen-bond donors (Lipinski definition) is 1. The van der Waals surface area contributed by atoms with Gasteiger partial charge >= 0.3 is 0 Å². The highest BCUT2D eigenvalue weighted by Crippen LogP contribution is 1.96. The molecule has 0 spiro atoms. The molecule has 0 bridgehead atoms. The molecule has 1 heterocycles. The van der Waals surface area contributed by atoms with Crippen molar-refractivity contribution in [3.05, 3.63) is 35.9 Å². The maximum absolute atomic E-state index is 3.16. The van der Waals surface area contributed by atoms with E-state index in [0.29, 0.717) is 0 Å². The van der Waals surface area contributed by atoms with Gasteiger partial charge in [-0.1, -0.05) is 70.5 Å². The van der Waals surface area contributed by atoms with Crippen LogP contribution in [0.4, 0.5) is 0 Å². The van der Waals surface area contributed by atoms with E-state index in [4.69, 9.17) is 0 Å². The predicted octanol–water partition coefficient (Wildman–Crippen LogP) is 4.27. The van der Waals surface area contributed by atoms with Gasteiger partial charge in [0.2, 0.25) is 0 Å². The Morgan fingerprint density at radius 1 is 0.938 bits per heavy atom. The summed E-state index contributed by atoms with van der Waals surface area (Å²) in [5.41, 5.74) is 1.32. The van der Waals surface area contributed by atoms with Gasteiger partial charge in [0.1, 0.15) is 0 Å². The van der Waals surface area contributed by atoms with E-state index >= 15 is 0 Å². The fraction of sp³-hybridized carbons (Fsp3) is 0.600. The lowest BCUT2D eigenvalue weighted by atomic mass is 10.1. The van der Waals surface area contributed by atoms with E-state index in [-0.39, 0.29) is 0 Å². The molecular weight excluding hydrogens is 194 g/mol. The van der Waals surface area contributed by atoms with Gasteiger partial charge in [-0.3, -0.25) is 0 Å². The molecule has 0 aromatic heterocycles. The molecule has 1 N–H and O–H groups in total. The van der Waals surface area contributed by atoms with Crippen LogP contribution in [-0.2, 0) is 0 Å². The molecule has 1 nitrogen and oxygen atoms in total. The second-order valence-electron chi connectivity index (χ2n) is 3.42. The summed E-state index contributed by atoms with van der Waals surface area (Å²) in [5, 5.41) is 3.16. The van der Waals surface area contributed by atoms with Crippen molar-refractivity contribution in [3.63, 3.8) is 0 Å². The fourth-order valence-electron chi connectivity index (χ4n) is 0.967. The maximum atomic E-state index is 3.16. The molecule has 0 atom stereocenters. The third-order valence-corrected chi connectivity index (χ3v) is 1.93. The molecule has 1 aromatic rings. The molecule has 1 aliphatic heterocycles. The molecular formula is C15H29N. The highest BCUT2D eigenvalue weighted by atomic mass is 14.9. The lowest BCUT2D eigenvalue weighted by Crippen LogP contribution is -2.39. The van der Waals surface area contributed by atoms with Crippen LogP contribution in [-0.4, -0.2) is 13.1 Å². The molecule has 94 valence electrons. The topological polar surface area (TPSA) is 12.0 Å². The van der Waals surface area contributed by atoms with Gasteiger partial charge in [0.25, 0.3) is 0 Å². The number of nitrogens with one attached hydrogen (secondary N) is 1. The van der Waals surface area contributed by atoms with E-state index in [1.807, 2.05) is 45.9 Å². The summed E-state index contributed by atoms with van der Waals surface area (Å²) in [7, 11) is 0. The fourth-order valence-corrected chi connectivity index (χ4v) is 0.967. The Morgan fingerprint density at radius 3 is 1.44 bits per heavy atom. The monoisotopic (exact) mass is 223 g/mol. The Hall–Kier alpha value is -0.820. The molecule has 0 amide bonds. The second kappa shape index (κ2) is 14.2. The summed E-state index contributed by atoms with van der Waals surface area (Å²) in [5.74, 6) is 0.954. The molecule has 1 aliphatic rings. The van der Waals surface area contributed by atoms with Crippen molar-refractivity contribution < 1.29 is 0 Å². The number of aryl methyl sites for hydroxylation is 1. The van der Waals surface area contributed by atoms with Gasteiger partial charge in [0.05, 0.1) is 0 Å². The lowest BCUT2D eigenvalue weighted by Gasteiger charge is -2.21. The average Bonchev–Trinajstić information content (AvgIpc) is 2.33. The van der Waals surface area contributed by atoms with E-state index < -0.39 is 0 Å². The zero-order chi connectivity index (χ0) is 12.8. The lowest BCUT2D eigenvalue weighted by molar-refractivity contribution is 0.379. The molecule has 2 rings (SSSR count). The van der Waals surface area contributed by atoms with Crippen LogP contribution in [0.25, 0.3) is 0 Å². The van der Waals surface area contributed by atoms with Crippen LogP contribution < -0.4 is 5.32 Å². The van der Waals surface area contributed by atoms with Crippen molar-refractivity contribution in [1.29, 1.82) is 0 Å². The van der Waals surface area contributed by atoms with Gasteiger partial charge in [-0.05, 0) is 25.9 Å². The SMILES string of the molecule is CC.CC.CC1CNC1.Cc1ccccc1. The van der Waals surface area contributed by atoms with Crippen molar-refractivity contribution in [2.45, 2.75) is 41.5 Å². The Bertz CT molecular complexity index is 202. The van der Waals surface area contributed by atoms with Crippen molar-refractivity contribution in [3.8, 4) is 0 Å². The minimum Gasteiger partial charge on any atom is -0.316 e. The van der Waals surface area contributed by atoms with Crippen molar-refractivity contribution in [2.75, 3.05) is 13.1 Å². The van der Waals surface area contributed by atoms with Crippen molar-refractivity contribution in [1.82, 2.24) is 5.32 Å². The summed E-state index contributed by atoms with van der Waals surface area (Å²) < 4.78 is 0. The van der Waals surface area contributed by atoms with Crippen LogP contribution in [0.3, 0.4) is 0 Å². The molecule has 1 fully saturated rings. The van der Waals surface area contributed by atoms with Gasteiger partial charge in [-0.15, -0.1) is 0 Å². The average molecular weight is 223 g/mol. The Kier molecular flexibility index (Phi) is 15.6. The Balaban J connectivity index is 0. The van der Waals surface area contributed by atoms with E-state index in [1.54, 1.807) is 0 Å². The molecule has 1 saturated heterocycles. The normalized spacial score (nSPS) is 12.6. The smallest absolute Gasteiger partial charge is 0.00109 e. The first-order chi connectivity index (χ1) is 7.79. The third kappa shape index (κ3) is 11.3. The van der Waals surface area contributed by atoms with Crippen molar-refractivity contribution in [2.24, 2.45) is 5.92 Å². The van der Waals surface area contributed by atoms with Gasteiger partial charge in [-0.2, -0.15) is 0 Å². The van der Waals surface area contributed by atoms with Gasteiger partial charge in [0, 0.05) is 0 Å². The zero-order valence-corrected chi connectivity index (χ0v) is 11.9. The molecule has 0 saturated carbocycles. The van der Waals surface area contributed by atoms with Crippen LogP contribution in [0, 0.1) is 12.8 Å². The van der Waals surface area contributed by atoms with Crippen LogP contribution in [0.15, 0.2) is 30.3 Å². The summed E-state index contributed by atoms with van der Waals surface area (Å²) in [6, 6.07) is 10.3. The molecule has 0 unspecified atom stereocenters. The van der Waals surface area contributed by atoms with Gasteiger partial charge in [-0.25, -0.2) is 0 Å². The molecule has 0 radical (unpaired) electrons. The minimum atomic E-state index is 0.954. The molecule has 16 heavy (non-hydrogen) atoms. The van der Waals surface area contributed by atoms with Crippen LogP contribution in [0.5, 0.6) is 0 Å². The van der Waals surface area contributed by atoms with Crippen LogP contribution in [0.1, 0.15) is 40.2 Å². The van der Waals surface area contributed by atoms with Crippen molar-refractivity contribution >= 4 is 0 Å². The predicted molar refractivity (Wildman–Crippen MR) is 75.9 cm³/mol. The molecule has 0 aliphatic carbocycles. The zero-order valence-electron chi connectivity index (χ0n) is 11.9. The summed E-state index contributed by atoms with van der Waals surface area (Å²) in [4.78, 5) is 0. The number of rotatable bonds is 0. The Labute approximate surface area is 102 Å². The minimum absolute atomic E-state index is 0.954. The first kappa shape index (κ1) is 17.6. The van der Waals surface area contributed by atoms with Gasteiger partial charge < -0.3 is 5.32 Å². The highest BCUT2D eigenvalue weighted by Gasteiger charge is 2.07. The van der Waals surface area contributed by atoms with E-state index in [1.165, 1.54) is 18.7 Å². The summed E-state index contributed by atoms with van der Waals surface area (Å²) in [6.07, 6.45) is 0.